The first-order valence-electron chi connectivity index (χ1n) is 7.38. The van der Waals surface area contributed by atoms with Crippen molar-refractivity contribution in [2.75, 3.05) is 6.26 Å². The molecule has 0 radical (unpaired) electrons. The van der Waals surface area contributed by atoms with Gasteiger partial charge in [-0.3, -0.25) is 0 Å². The first-order chi connectivity index (χ1) is 11.0. The maximum Gasteiger partial charge on any atom is 0.331 e. The van der Waals surface area contributed by atoms with Crippen molar-refractivity contribution < 1.29 is 9.90 Å². The normalized spacial score (nSPS) is 24.4. The number of benzene rings is 1. The minimum atomic E-state index is -0.886. The van der Waals surface area contributed by atoms with Crippen LogP contribution in [0.4, 0.5) is 0 Å². The van der Waals surface area contributed by atoms with Crippen molar-refractivity contribution in [3.05, 3.63) is 69.8 Å². The number of carboxylic acid groups (broad SMARTS) is 1. The average molecular weight is 325 g/mol. The number of hydrogen-bond acceptors (Lipinski definition) is 2. The lowest BCUT2D eigenvalue weighted by molar-refractivity contribution is -0.132. The number of carboxylic acids is 1. The molecule has 0 aromatic heterocycles. The Bertz CT molecular complexity index is 854. The molecule has 2 aliphatic heterocycles. The zero-order chi connectivity index (χ0) is 16.6. The maximum atomic E-state index is 11.7. The predicted molar refractivity (Wildman–Crippen MR) is 99.3 cm³/mol. The molecule has 2 heterocycles. The van der Waals surface area contributed by atoms with Gasteiger partial charge in [0.2, 0.25) is 0 Å². The van der Waals surface area contributed by atoms with Crippen LogP contribution in [0, 0.1) is 6.92 Å². The van der Waals surface area contributed by atoms with E-state index in [4.69, 9.17) is 0 Å². The molecule has 0 spiro atoms. The van der Waals surface area contributed by atoms with Crippen molar-refractivity contribution in [2.45, 2.75) is 13.8 Å². The molecule has 2 aliphatic rings. The fourth-order valence-corrected chi connectivity index (χ4v) is 4.07. The summed E-state index contributed by atoms with van der Waals surface area (Å²) < 4.78 is 0. The summed E-state index contributed by atoms with van der Waals surface area (Å²) in [5, 5.41) is 15.1. The molecule has 0 aliphatic carbocycles. The van der Waals surface area contributed by atoms with Gasteiger partial charge in [-0.05, 0) is 60.4 Å². The minimum absolute atomic E-state index is 0.136. The van der Waals surface area contributed by atoms with Crippen molar-refractivity contribution in [2.24, 2.45) is 0 Å². The van der Waals surface area contributed by atoms with E-state index in [1.165, 1.54) is 0 Å². The number of aryl methyl sites for hydroxylation is 1. The second-order valence-corrected chi connectivity index (χ2v) is 7.45. The lowest BCUT2D eigenvalue weighted by Crippen LogP contribution is -2.24. The first-order valence-corrected chi connectivity index (χ1v) is 9.08. The van der Waals surface area contributed by atoms with Crippen LogP contribution in [-0.4, -0.2) is 22.3 Å². The third-order valence-electron chi connectivity index (χ3n) is 4.10. The van der Waals surface area contributed by atoms with E-state index in [1.54, 1.807) is 6.92 Å². The third-order valence-corrected chi connectivity index (χ3v) is 5.63. The van der Waals surface area contributed by atoms with E-state index in [2.05, 4.69) is 41.3 Å². The van der Waals surface area contributed by atoms with E-state index in [9.17, 15) is 9.90 Å². The molecular formula is C19H19NO2S. The summed E-state index contributed by atoms with van der Waals surface area (Å²) in [5.74, 6) is -0.886. The van der Waals surface area contributed by atoms with Gasteiger partial charge in [0.15, 0.2) is 0 Å². The predicted octanol–water partition coefficient (Wildman–Crippen LogP) is 3.91. The Morgan fingerprint density at radius 2 is 2.09 bits per heavy atom. The van der Waals surface area contributed by atoms with Gasteiger partial charge in [0.05, 0.1) is 4.99 Å². The molecular weight excluding hydrogens is 306 g/mol. The zero-order valence-electron chi connectivity index (χ0n) is 13.4. The van der Waals surface area contributed by atoms with Gasteiger partial charge >= 0.3 is 5.97 Å². The highest BCUT2D eigenvalue weighted by Crippen LogP contribution is 2.35. The van der Waals surface area contributed by atoms with Crippen LogP contribution in [0.5, 0.6) is 0 Å². The molecule has 118 valence electrons. The van der Waals surface area contributed by atoms with Crippen molar-refractivity contribution in [1.29, 1.82) is 0 Å². The molecule has 3 nitrogen and oxygen atoms in total. The fraction of sp³-hybridized carbons (Fsp3) is 0.158. The third kappa shape index (κ3) is 2.82. The van der Waals surface area contributed by atoms with Gasteiger partial charge < -0.3 is 10.4 Å². The van der Waals surface area contributed by atoms with Gasteiger partial charge in [0, 0.05) is 22.9 Å². The summed E-state index contributed by atoms with van der Waals surface area (Å²) in [5.41, 5.74) is 5.27. The monoisotopic (exact) mass is 325 g/mol. The Morgan fingerprint density at radius 1 is 1.30 bits per heavy atom. The molecule has 23 heavy (non-hydrogen) atoms. The van der Waals surface area contributed by atoms with Crippen LogP contribution in [0.25, 0.3) is 11.6 Å². The Labute approximate surface area is 138 Å². The minimum Gasteiger partial charge on any atom is -0.478 e. The van der Waals surface area contributed by atoms with Gasteiger partial charge in [-0.2, -0.15) is 0 Å². The molecule has 2 bridgehead atoms. The highest BCUT2D eigenvalue weighted by molar-refractivity contribution is 8.18. The highest BCUT2D eigenvalue weighted by atomic mass is 32.2. The molecule has 0 amide bonds. The molecule has 1 aromatic carbocycles. The van der Waals surface area contributed by atoms with Crippen molar-refractivity contribution >= 4 is 33.1 Å². The summed E-state index contributed by atoms with van der Waals surface area (Å²) >= 11 is 0. The molecule has 2 N–H and O–H groups in total. The van der Waals surface area contributed by atoms with Crippen LogP contribution in [0.3, 0.4) is 0 Å². The van der Waals surface area contributed by atoms with Gasteiger partial charge in [-0.15, -0.1) is 10.5 Å². The van der Waals surface area contributed by atoms with E-state index in [1.807, 2.05) is 25.3 Å². The molecule has 1 unspecified atom stereocenters. The van der Waals surface area contributed by atoms with Gasteiger partial charge in [-0.25, -0.2) is 4.79 Å². The number of dihydropyridines is 1. The van der Waals surface area contributed by atoms with Crippen molar-refractivity contribution in [1.82, 2.24) is 5.32 Å². The van der Waals surface area contributed by atoms with E-state index >= 15 is 0 Å². The summed E-state index contributed by atoms with van der Waals surface area (Å²) in [6.07, 6.45) is 10.1. The van der Waals surface area contributed by atoms with Crippen molar-refractivity contribution in [3.63, 3.8) is 0 Å². The van der Waals surface area contributed by atoms with Crippen LogP contribution in [0.1, 0.15) is 23.6 Å². The Kier molecular flexibility index (Phi) is 4.09. The van der Waals surface area contributed by atoms with Crippen LogP contribution in [-0.2, 0) is 4.79 Å². The van der Waals surface area contributed by atoms with E-state index in [0.717, 1.165) is 32.8 Å². The lowest BCUT2D eigenvalue weighted by atomic mass is 9.88. The number of carbonyl (C=O) groups is 1. The number of fused-ring (bicyclic) bond motifs is 3. The topological polar surface area (TPSA) is 49.3 Å². The Balaban J connectivity index is 2.43. The summed E-state index contributed by atoms with van der Waals surface area (Å²) in [7, 11) is -0.136. The second kappa shape index (κ2) is 6.05. The Hall–Kier alpha value is -2.33. The largest absolute Gasteiger partial charge is 0.478 e. The second-order valence-electron chi connectivity index (χ2n) is 5.65. The van der Waals surface area contributed by atoms with E-state index in [-0.39, 0.29) is 10.5 Å². The highest BCUT2D eigenvalue weighted by Gasteiger charge is 2.22. The molecule has 1 atom stereocenters. The first kappa shape index (κ1) is 15.6. The zero-order valence-corrected chi connectivity index (χ0v) is 14.2. The summed E-state index contributed by atoms with van der Waals surface area (Å²) in [6.45, 7) is 3.70. The van der Waals surface area contributed by atoms with E-state index in [0.29, 0.717) is 5.57 Å². The number of rotatable bonds is 1. The van der Waals surface area contributed by atoms with Crippen molar-refractivity contribution in [3.8, 4) is 0 Å². The number of hydrogen-bond donors (Lipinski definition) is 2. The van der Waals surface area contributed by atoms with Crippen LogP contribution < -0.4 is 5.32 Å². The average Bonchev–Trinajstić information content (AvgIpc) is 2.59. The number of nitrogens with one attached hydrogen (secondary N) is 1. The fourth-order valence-electron chi connectivity index (χ4n) is 2.80. The van der Waals surface area contributed by atoms with E-state index < -0.39 is 5.97 Å². The van der Waals surface area contributed by atoms with Gasteiger partial charge in [0.1, 0.15) is 0 Å². The lowest BCUT2D eigenvalue weighted by Gasteiger charge is -2.22. The standard InChI is InChI=1S/C19H19NO2S/c1-12-6-7-14-8-10-23(3)18-15(5-4-9-20-18)17(16(12)11-14)13(2)19(21)22/h4-11,20H,1-3H3,(H,21,22)/b10-8-,17-13+. The molecule has 4 heteroatoms. The Morgan fingerprint density at radius 3 is 2.83 bits per heavy atom. The molecule has 1 aromatic rings. The maximum absolute atomic E-state index is 11.7. The summed E-state index contributed by atoms with van der Waals surface area (Å²) in [6, 6.07) is 6.20. The SMILES string of the molecule is C/C(C(=O)O)=C1/C2=CC=CN/C2=S(C)\C=C/c2ccc(C)c1c2. The van der Waals surface area contributed by atoms with Crippen LogP contribution in [0.2, 0.25) is 0 Å². The summed E-state index contributed by atoms with van der Waals surface area (Å²) in [4.78, 5) is 12.8. The smallest absolute Gasteiger partial charge is 0.331 e. The molecule has 0 fully saturated rings. The molecule has 3 rings (SSSR count). The van der Waals surface area contributed by atoms with Crippen LogP contribution in [0.15, 0.2) is 53.1 Å². The number of aliphatic carboxylic acids is 1. The van der Waals surface area contributed by atoms with Gasteiger partial charge in [-0.1, -0.05) is 18.2 Å². The molecule has 0 saturated heterocycles. The molecule has 0 saturated carbocycles. The quantitative estimate of drug-likeness (QED) is 0.608. The van der Waals surface area contributed by atoms with Crippen LogP contribution >= 0.6 is 10.5 Å². The van der Waals surface area contributed by atoms with Gasteiger partial charge in [0.25, 0.3) is 0 Å². The number of allylic oxidation sites excluding steroid dienone is 2.